The first kappa shape index (κ1) is 17.7. The van der Waals surface area contributed by atoms with Crippen molar-refractivity contribution < 1.29 is 14.3 Å². The number of para-hydroxylation sites is 1. The summed E-state index contributed by atoms with van der Waals surface area (Å²) in [6, 6.07) is 9.30. The van der Waals surface area contributed by atoms with Crippen LogP contribution in [0.5, 0.6) is 0 Å². The molecule has 118 valence electrons. The number of amides is 1. The number of ether oxygens (including phenoxy) is 2. The lowest BCUT2D eigenvalue weighted by Gasteiger charge is -2.16. The van der Waals surface area contributed by atoms with Gasteiger partial charge in [-0.3, -0.25) is 4.79 Å². The normalized spacial score (nSPS) is 12.1. The summed E-state index contributed by atoms with van der Waals surface area (Å²) >= 11 is 0. The highest BCUT2D eigenvalue weighted by molar-refractivity contribution is 5.93. The van der Waals surface area contributed by atoms with E-state index in [4.69, 9.17) is 9.47 Å². The molecule has 4 heteroatoms. The van der Waals surface area contributed by atoms with Crippen molar-refractivity contribution in [3.63, 3.8) is 0 Å². The van der Waals surface area contributed by atoms with Gasteiger partial charge in [-0.25, -0.2) is 0 Å². The van der Waals surface area contributed by atoms with Gasteiger partial charge in [0.15, 0.2) is 0 Å². The van der Waals surface area contributed by atoms with E-state index in [1.807, 2.05) is 30.3 Å². The number of hydrogen-bond donors (Lipinski definition) is 1. The van der Waals surface area contributed by atoms with Gasteiger partial charge in [0, 0.05) is 12.8 Å². The van der Waals surface area contributed by atoms with Crippen LogP contribution in [0, 0.1) is 0 Å². The second-order valence-corrected chi connectivity index (χ2v) is 5.06. The molecule has 1 rings (SSSR count). The summed E-state index contributed by atoms with van der Waals surface area (Å²) in [5, 5.41) is 2.77. The lowest BCUT2D eigenvalue weighted by molar-refractivity contribution is -0.160. The maximum Gasteiger partial charge on any atom is 0.281 e. The molecule has 0 saturated carbocycles. The van der Waals surface area contributed by atoms with Crippen LogP contribution in [0.25, 0.3) is 0 Å². The van der Waals surface area contributed by atoms with E-state index in [2.05, 4.69) is 12.2 Å². The fourth-order valence-electron chi connectivity index (χ4n) is 2.05. The molecule has 4 nitrogen and oxygen atoms in total. The number of nitrogens with one attached hydrogen (secondary N) is 1. The maximum atomic E-state index is 12.0. The van der Waals surface area contributed by atoms with Gasteiger partial charge in [-0.2, -0.15) is 0 Å². The highest BCUT2D eigenvalue weighted by Crippen LogP contribution is 2.09. The van der Waals surface area contributed by atoms with Crippen LogP contribution in [0.2, 0.25) is 0 Å². The number of anilines is 1. The molecule has 0 aliphatic carbocycles. The summed E-state index contributed by atoms with van der Waals surface area (Å²) in [6.07, 6.45) is 6.30. The van der Waals surface area contributed by atoms with E-state index in [9.17, 15) is 4.79 Å². The maximum absolute atomic E-state index is 12.0. The van der Waals surface area contributed by atoms with Gasteiger partial charge in [0.2, 0.25) is 6.29 Å². The largest absolute Gasteiger partial charge is 0.348 e. The Balaban J connectivity index is 2.20. The molecule has 0 aromatic heterocycles. The van der Waals surface area contributed by atoms with Gasteiger partial charge in [0.05, 0.1) is 6.61 Å². The predicted molar refractivity (Wildman–Crippen MR) is 85.2 cm³/mol. The first-order chi connectivity index (χ1) is 10.3. The summed E-state index contributed by atoms with van der Waals surface area (Å²) in [5.41, 5.74) is 0.743. The first-order valence-electron chi connectivity index (χ1n) is 7.78. The minimum absolute atomic E-state index is 0.269. The Hall–Kier alpha value is -1.39. The number of rotatable bonds is 11. The minimum atomic E-state index is -0.846. The molecule has 1 aromatic carbocycles. The fraction of sp³-hybridized carbons (Fsp3) is 0.588. The molecule has 1 aromatic rings. The van der Waals surface area contributed by atoms with Gasteiger partial charge in [-0.1, -0.05) is 57.2 Å². The van der Waals surface area contributed by atoms with Crippen LogP contribution < -0.4 is 5.32 Å². The molecule has 0 saturated heterocycles. The summed E-state index contributed by atoms with van der Waals surface area (Å²) in [4.78, 5) is 12.0. The number of hydrogen-bond acceptors (Lipinski definition) is 3. The van der Waals surface area contributed by atoms with Crippen molar-refractivity contribution in [3.05, 3.63) is 30.3 Å². The van der Waals surface area contributed by atoms with Crippen molar-refractivity contribution in [1.29, 1.82) is 0 Å². The van der Waals surface area contributed by atoms with E-state index in [-0.39, 0.29) is 5.91 Å². The Bertz CT molecular complexity index is 381. The van der Waals surface area contributed by atoms with E-state index in [0.717, 1.165) is 18.5 Å². The number of benzene rings is 1. The van der Waals surface area contributed by atoms with Crippen LogP contribution in [0.15, 0.2) is 30.3 Å². The molecular weight excluding hydrogens is 266 g/mol. The molecule has 0 radical (unpaired) electrons. The van der Waals surface area contributed by atoms with E-state index in [0.29, 0.717) is 6.61 Å². The van der Waals surface area contributed by atoms with Gasteiger partial charge < -0.3 is 14.8 Å². The van der Waals surface area contributed by atoms with Crippen molar-refractivity contribution in [1.82, 2.24) is 0 Å². The van der Waals surface area contributed by atoms with Crippen LogP contribution in [-0.4, -0.2) is 25.9 Å². The average Bonchev–Trinajstić information content (AvgIpc) is 2.51. The molecular formula is C17H27NO3. The first-order valence-corrected chi connectivity index (χ1v) is 7.78. The topological polar surface area (TPSA) is 47.6 Å². The molecule has 1 N–H and O–H groups in total. The van der Waals surface area contributed by atoms with E-state index in [1.54, 1.807) is 0 Å². The Morgan fingerprint density at radius 2 is 1.76 bits per heavy atom. The molecule has 0 spiro atoms. The fourth-order valence-corrected chi connectivity index (χ4v) is 2.05. The Kier molecular flexibility index (Phi) is 9.49. The SMILES string of the molecule is CCCCCCCCOC(OC)C(=O)Nc1ccccc1. The van der Waals surface area contributed by atoms with Gasteiger partial charge in [0.25, 0.3) is 5.91 Å². The van der Waals surface area contributed by atoms with E-state index >= 15 is 0 Å². The Labute approximate surface area is 127 Å². The monoisotopic (exact) mass is 293 g/mol. The highest BCUT2D eigenvalue weighted by atomic mass is 16.7. The number of unbranched alkanes of at least 4 members (excludes halogenated alkanes) is 5. The minimum Gasteiger partial charge on any atom is -0.348 e. The summed E-state index contributed by atoms with van der Waals surface area (Å²) in [5.74, 6) is -0.269. The molecule has 0 aliphatic rings. The molecule has 21 heavy (non-hydrogen) atoms. The van der Waals surface area contributed by atoms with Crippen LogP contribution in [0.3, 0.4) is 0 Å². The third-order valence-corrected chi connectivity index (χ3v) is 3.24. The van der Waals surface area contributed by atoms with Gasteiger partial charge in [-0.05, 0) is 18.6 Å². The smallest absolute Gasteiger partial charge is 0.281 e. The molecule has 0 heterocycles. The van der Waals surface area contributed by atoms with Crippen LogP contribution in [0.4, 0.5) is 5.69 Å². The second-order valence-electron chi connectivity index (χ2n) is 5.06. The summed E-state index contributed by atoms with van der Waals surface area (Å²) in [6.45, 7) is 2.75. The zero-order valence-electron chi connectivity index (χ0n) is 13.1. The summed E-state index contributed by atoms with van der Waals surface area (Å²) < 4.78 is 10.6. The molecule has 1 atom stereocenters. The number of carbonyl (C=O) groups excluding carboxylic acids is 1. The van der Waals surface area contributed by atoms with Gasteiger partial charge in [-0.15, -0.1) is 0 Å². The van der Waals surface area contributed by atoms with Gasteiger partial charge in [0.1, 0.15) is 0 Å². The Morgan fingerprint density at radius 1 is 1.10 bits per heavy atom. The predicted octanol–water partition coefficient (Wildman–Crippen LogP) is 3.97. The van der Waals surface area contributed by atoms with Crippen LogP contribution >= 0.6 is 0 Å². The zero-order chi connectivity index (χ0) is 15.3. The van der Waals surface area contributed by atoms with Crippen molar-refractivity contribution in [2.24, 2.45) is 0 Å². The van der Waals surface area contributed by atoms with E-state index < -0.39 is 6.29 Å². The van der Waals surface area contributed by atoms with Gasteiger partial charge >= 0.3 is 0 Å². The average molecular weight is 293 g/mol. The summed E-state index contributed by atoms with van der Waals surface area (Å²) in [7, 11) is 1.48. The highest BCUT2D eigenvalue weighted by Gasteiger charge is 2.18. The van der Waals surface area contributed by atoms with Crippen LogP contribution in [-0.2, 0) is 14.3 Å². The third kappa shape index (κ3) is 7.83. The number of methoxy groups -OCH3 is 1. The van der Waals surface area contributed by atoms with Crippen molar-refractivity contribution >= 4 is 11.6 Å². The molecule has 1 amide bonds. The second kappa shape index (κ2) is 11.3. The van der Waals surface area contributed by atoms with Crippen LogP contribution in [0.1, 0.15) is 45.4 Å². The lowest BCUT2D eigenvalue weighted by atomic mass is 10.1. The standard InChI is InChI=1S/C17H27NO3/c1-3-4-5-6-7-11-14-21-17(20-2)16(19)18-15-12-9-8-10-13-15/h8-10,12-13,17H,3-7,11,14H2,1-2H3,(H,18,19). The molecule has 1 unspecified atom stereocenters. The molecule has 0 bridgehead atoms. The van der Waals surface area contributed by atoms with Crippen molar-refractivity contribution in [2.75, 3.05) is 19.0 Å². The number of carbonyl (C=O) groups is 1. The third-order valence-electron chi connectivity index (χ3n) is 3.24. The van der Waals surface area contributed by atoms with E-state index in [1.165, 1.54) is 32.8 Å². The zero-order valence-corrected chi connectivity index (χ0v) is 13.1. The quantitative estimate of drug-likeness (QED) is 0.496. The lowest BCUT2D eigenvalue weighted by Crippen LogP contribution is -2.32. The van der Waals surface area contributed by atoms with Crippen molar-refractivity contribution in [2.45, 2.75) is 51.7 Å². The Morgan fingerprint density at radius 3 is 2.43 bits per heavy atom. The van der Waals surface area contributed by atoms with Crippen molar-refractivity contribution in [3.8, 4) is 0 Å². The molecule has 0 aliphatic heterocycles. The molecule has 0 fully saturated rings.